The number of hydrazone groups is 1. The average Bonchev–Trinajstić information content (AvgIpc) is 2.59. The molecule has 0 atom stereocenters. The molecule has 1 aromatic carbocycles. The van der Waals surface area contributed by atoms with Crippen LogP contribution in [0.4, 0.5) is 10.5 Å². The quantitative estimate of drug-likeness (QED) is 0.811. The molecule has 0 aromatic heterocycles. The summed E-state index contributed by atoms with van der Waals surface area (Å²) in [5, 5.41) is 7.15. The summed E-state index contributed by atoms with van der Waals surface area (Å²) in [5.41, 5.74) is 4.32. The zero-order valence-electron chi connectivity index (χ0n) is 13.2. The fourth-order valence-electron chi connectivity index (χ4n) is 2.19. The lowest BCUT2D eigenvalue weighted by molar-refractivity contribution is -0.119. The van der Waals surface area contributed by atoms with E-state index in [1.807, 2.05) is 30.3 Å². The highest BCUT2D eigenvalue weighted by Gasteiger charge is 2.20. The molecule has 1 aromatic rings. The molecule has 1 aliphatic rings. The van der Waals surface area contributed by atoms with Crippen molar-refractivity contribution in [2.24, 2.45) is 5.10 Å². The average molecular weight is 318 g/mol. The summed E-state index contributed by atoms with van der Waals surface area (Å²) >= 11 is 0. The van der Waals surface area contributed by atoms with Gasteiger partial charge in [0.1, 0.15) is 0 Å². The number of anilines is 1. The van der Waals surface area contributed by atoms with Crippen LogP contribution in [-0.2, 0) is 9.53 Å². The van der Waals surface area contributed by atoms with Crippen LogP contribution in [0.1, 0.15) is 19.8 Å². The molecule has 0 bridgehead atoms. The maximum absolute atomic E-state index is 11.8. The zero-order chi connectivity index (χ0) is 16.5. The molecule has 7 heteroatoms. The second-order valence-electron chi connectivity index (χ2n) is 5.12. The van der Waals surface area contributed by atoms with Crippen LogP contribution in [0, 0.1) is 0 Å². The summed E-state index contributed by atoms with van der Waals surface area (Å²) < 4.78 is 4.96. The van der Waals surface area contributed by atoms with Crippen molar-refractivity contribution in [1.29, 1.82) is 0 Å². The Morgan fingerprint density at radius 2 is 1.91 bits per heavy atom. The van der Waals surface area contributed by atoms with Crippen LogP contribution < -0.4 is 10.7 Å². The summed E-state index contributed by atoms with van der Waals surface area (Å²) in [5.74, 6) is -0.200. The highest BCUT2D eigenvalue weighted by Crippen LogP contribution is 2.08. The molecular weight excluding hydrogens is 296 g/mol. The third kappa shape index (κ3) is 5.61. The minimum atomic E-state index is -0.289. The van der Waals surface area contributed by atoms with Crippen LogP contribution in [0.15, 0.2) is 35.4 Å². The van der Waals surface area contributed by atoms with Crippen molar-refractivity contribution < 1.29 is 14.3 Å². The second kappa shape index (κ2) is 8.77. The summed E-state index contributed by atoms with van der Waals surface area (Å²) in [4.78, 5) is 25.0. The van der Waals surface area contributed by atoms with Gasteiger partial charge in [-0.1, -0.05) is 18.2 Å². The fourth-order valence-corrected chi connectivity index (χ4v) is 2.19. The smallest absolute Gasteiger partial charge is 0.409 e. The molecule has 1 saturated heterocycles. The van der Waals surface area contributed by atoms with Gasteiger partial charge in [-0.05, 0) is 19.1 Å². The largest absolute Gasteiger partial charge is 0.450 e. The molecule has 1 fully saturated rings. The molecule has 0 aliphatic carbocycles. The molecule has 0 unspecified atom stereocenters. The van der Waals surface area contributed by atoms with Gasteiger partial charge >= 0.3 is 6.09 Å². The first-order valence-electron chi connectivity index (χ1n) is 7.74. The Hall–Kier alpha value is -2.57. The number of likely N-dealkylation sites (tertiary alicyclic amines) is 1. The number of nitrogens with zero attached hydrogens (tertiary/aromatic N) is 2. The maximum Gasteiger partial charge on any atom is 0.409 e. The number of nitrogens with one attached hydrogen (secondary N) is 2. The predicted molar refractivity (Wildman–Crippen MR) is 88.3 cm³/mol. The summed E-state index contributed by atoms with van der Waals surface area (Å²) in [7, 11) is 0. The van der Waals surface area contributed by atoms with Gasteiger partial charge in [-0.15, -0.1) is 0 Å². The molecular formula is C16H22N4O3. The van der Waals surface area contributed by atoms with E-state index in [9.17, 15) is 9.59 Å². The van der Waals surface area contributed by atoms with Gasteiger partial charge in [0, 0.05) is 37.3 Å². The lowest BCUT2D eigenvalue weighted by atomic mass is 10.1. The van der Waals surface area contributed by atoms with E-state index < -0.39 is 0 Å². The molecule has 7 nitrogen and oxygen atoms in total. The summed E-state index contributed by atoms with van der Waals surface area (Å²) in [6, 6.07) is 9.50. The molecule has 2 rings (SSSR count). The van der Waals surface area contributed by atoms with Crippen molar-refractivity contribution in [2.75, 3.05) is 31.6 Å². The van der Waals surface area contributed by atoms with Gasteiger partial charge in [0.05, 0.1) is 13.2 Å². The normalized spacial score (nSPS) is 14.1. The second-order valence-corrected chi connectivity index (χ2v) is 5.12. The topological polar surface area (TPSA) is 83.0 Å². The Bertz CT molecular complexity index is 550. The van der Waals surface area contributed by atoms with E-state index in [1.54, 1.807) is 11.8 Å². The first-order chi connectivity index (χ1) is 11.2. The number of amides is 2. The Labute approximate surface area is 135 Å². The van der Waals surface area contributed by atoms with Gasteiger partial charge in [-0.25, -0.2) is 10.2 Å². The van der Waals surface area contributed by atoms with Crippen LogP contribution >= 0.6 is 0 Å². The molecule has 0 spiro atoms. The van der Waals surface area contributed by atoms with Crippen LogP contribution in [0.25, 0.3) is 0 Å². The number of carbonyl (C=O) groups excluding carboxylic acids is 2. The molecule has 1 heterocycles. The number of carbonyl (C=O) groups is 2. The Morgan fingerprint density at radius 1 is 1.22 bits per heavy atom. The van der Waals surface area contributed by atoms with Gasteiger partial charge in [-0.3, -0.25) is 4.79 Å². The van der Waals surface area contributed by atoms with Gasteiger partial charge < -0.3 is 15.0 Å². The van der Waals surface area contributed by atoms with E-state index in [2.05, 4.69) is 15.8 Å². The first-order valence-corrected chi connectivity index (χ1v) is 7.74. The van der Waals surface area contributed by atoms with Crippen molar-refractivity contribution in [2.45, 2.75) is 19.8 Å². The Balaban J connectivity index is 1.70. The van der Waals surface area contributed by atoms with Gasteiger partial charge in [-0.2, -0.15) is 5.10 Å². The lowest BCUT2D eigenvalue weighted by Gasteiger charge is -2.26. The molecule has 0 saturated carbocycles. The van der Waals surface area contributed by atoms with Crippen molar-refractivity contribution in [3.05, 3.63) is 30.3 Å². The number of ether oxygens (including phenoxy) is 1. The number of hydrogen-bond acceptors (Lipinski definition) is 5. The van der Waals surface area contributed by atoms with Crippen molar-refractivity contribution in [3.8, 4) is 0 Å². The van der Waals surface area contributed by atoms with Crippen molar-refractivity contribution in [1.82, 2.24) is 10.3 Å². The van der Waals surface area contributed by atoms with Crippen LogP contribution in [-0.4, -0.2) is 48.9 Å². The number of rotatable bonds is 5. The van der Waals surface area contributed by atoms with E-state index in [4.69, 9.17) is 4.74 Å². The molecule has 124 valence electrons. The summed E-state index contributed by atoms with van der Waals surface area (Å²) in [6.45, 7) is 3.45. The van der Waals surface area contributed by atoms with E-state index in [0.29, 0.717) is 32.5 Å². The number of benzene rings is 1. The lowest BCUT2D eigenvalue weighted by Crippen LogP contribution is -2.39. The molecule has 0 radical (unpaired) electrons. The first kappa shape index (κ1) is 16.8. The Morgan fingerprint density at radius 3 is 2.57 bits per heavy atom. The van der Waals surface area contributed by atoms with Crippen molar-refractivity contribution in [3.63, 3.8) is 0 Å². The monoisotopic (exact) mass is 318 g/mol. The van der Waals surface area contributed by atoms with Gasteiger partial charge in [0.25, 0.3) is 5.91 Å². The third-order valence-corrected chi connectivity index (χ3v) is 3.43. The fraction of sp³-hybridized carbons (Fsp3) is 0.438. The SMILES string of the molecule is CCOC(=O)N1CCC(=NNC(=O)CNc2ccccc2)CC1. The van der Waals surface area contributed by atoms with Gasteiger partial charge in [0.15, 0.2) is 0 Å². The summed E-state index contributed by atoms with van der Waals surface area (Å²) in [6.07, 6.45) is 0.999. The van der Waals surface area contributed by atoms with Crippen LogP contribution in [0.3, 0.4) is 0 Å². The highest BCUT2D eigenvalue weighted by atomic mass is 16.6. The predicted octanol–water partition coefficient (Wildman–Crippen LogP) is 1.82. The minimum absolute atomic E-state index is 0.162. The van der Waals surface area contributed by atoms with Crippen LogP contribution in [0.5, 0.6) is 0 Å². The minimum Gasteiger partial charge on any atom is -0.450 e. The van der Waals surface area contributed by atoms with E-state index in [0.717, 1.165) is 11.4 Å². The number of hydrogen-bond donors (Lipinski definition) is 2. The molecule has 1 aliphatic heterocycles. The third-order valence-electron chi connectivity index (χ3n) is 3.43. The van der Waals surface area contributed by atoms with E-state index in [-0.39, 0.29) is 18.5 Å². The molecule has 2 N–H and O–H groups in total. The standard InChI is InChI=1S/C16H22N4O3/c1-2-23-16(22)20-10-8-14(9-11-20)18-19-15(21)12-17-13-6-4-3-5-7-13/h3-7,17H,2,8-12H2,1H3,(H,19,21). The highest BCUT2D eigenvalue weighted by molar-refractivity contribution is 5.89. The van der Waals surface area contributed by atoms with E-state index in [1.165, 1.54) is 0 Å². The number of para-hydroxylation sites is 1. The van der Waals surface area contributed by atoms with Crippen molar-refractivity contribution >= 4 is 23.4 Å². The van der Waals surface area contributed by atoms with Crippen LogP contribution in [0.2, 0.25) is 0 Å². The van der Waals surface area contributed by atoms with Gasteiger partial charge in [0.2, 0.25) is 0 Å². The molecule has 23 heavy (non-hydrogen) atoms. The Kier molecular flexibility index (Phi) is 6.40. The van der Waals surface area contributed by atoms with E-state index >= 15 is 0 Å². The number of piperidine rings is 1. The zero-order valence-corrected chi connectivity index (χ0v) is 13.2. The molecule has 2 amide bonds. The maximum atomic E-state index is 11.8.